The lowest BCUT2D eigenvalue weighted by molar-refractivity contribution is -0.120. The number of aromatic nitrogens is 1. The Bertz CT molecular complexity index is 795. The minimum absolute atomic E-state index is 0.0536. The van der Waals surface area contributed by atoms with Gasteiger partial charge in [-0.15, -0.1) is 0 Å². The average Bonchev–Trinajstić information content (AvgIpc) is 3.15. The lowest BCUT2D eigenvalue weighted by atomic mass is 9.92. The second kappa shape index (κ2) is 6.77. The van der Waals surface area contributed by atoms with Crippen molar-refractivity contribution >= 4 is 45.6 Å². The molecule has 2 amide bonds. The maximum Gasteiger partial charge on any atom is 0.248 e. The van der Waals surface area contributed by atoms with Crippen molar-refractivity contribution in [1.82, 2.24) is 4.37 Å². The van der Waals surface area contributed by atoms with Gasteiger partial charge in [0, 0.05) is 22.5 Å². The highest BCUT2D eigenvalue weighted by atomic mass is 35.5. The number of hydrogen-bond donors (Lipinski definition) is 1. The van der Waals surface area contributed by atoms with E-state index in [1.54, 1.807) is 29.2 Å². The normalized spacial score (nSPS) is 17.8. The fraction of sp³-hybridized carbons (Fsp3) is 0.389. The molecule has 1 aliphatic heterocycles. The summed E-state index contributed by atoms with van der Waals surface area (Å²) in [7, 11) is 0. The van der Waals surface area contributed by atoms with E-state index < -0.39 is 6.04 Å². The van der Waals surface area contributed by atoms with Crippen molar-refractivity contribution in [2.75, 3.05) is 10.2 Å². The van der Waals surface area contributed by atoms with Gasteiger partial charge in [0.05, 0.1) is 5.69 Å². The minimum Gasteiger partial charge on any atom is -0.315 e. The molecule has 1 fully saturated rings. The molecule has 1 atom stereocenters. The summed E-state index contributed by atoms with van der Waals surface area (Å²) in [6.45, 7) is 6.22. The monoisotopic (exact) mass is 377 g/mol. The summed E-state index contributed by atoms with van der Waals surface area (Å²) in [5, 5.41) is 4.20. The van der Waals surface area contributed by atoms with E-state index in [1.165, 1.54) is 11.5 Å². The summed E-state index contributed by atoms with van der Waals surface area (Å²) in [6.07, 6.45) is 0.856. The summed E-state index contributed by atoms with van der Waals surface area (Å²) in [5.74, 6) is -0.243. The third-order valence-electron chi connectivity index (χ3n) is 4.14. The van der Waals surface area contributed by atoms with Gasteiger partial charge < -0.3 is 5.32 Å². The number of halogens is 1. The number of rotatable bonds is 3. The molecule has 1 aromatic heterocycles. The minimum atomic E-state index is -0.520. The van der Waals surface area contributed by atoms with Gasteiger partial charge in [0.2, 0.25) is 11.8 Å². The Kier molecular flexibility index (Phi) is 4.84. The van der Waals surface area contributed by atoms with Crippen molar-refractivity contribution in [2.24, 2.45) is 0 Å². The lowest BCUT2D eigenvalue weighted by Gasteiger charge is -2.24. The van der Waals surface area contributed by atoms with Crippen molar-refractivity contribution in [3.8, 4) is 0 Å². The van der Waals surface area contributed by atoms with Crippen LogP contribution in [0, 0.1) is 0 Å². The molecule has 2 heterocycles. The Morgan fingerprint density at radius 1 is 1.32 bits per heavy atom. The van der Waals surface area contributed by atoms with Gasteiger partial charge in [0.1, 0.15) is 11.0 Å². The Morgan fingerprint density at radius 2 is 2.00 bits per heavy atom. The Hall–Kier alpha value is -1.92. The molecule has 1 aliphatic rings. The van der Waals surface area contributed by atoms with Crippen LogP contribution in [0.4, 0.5) is 10.7 Å². The zero-order valence-electron chi connectivity index (χ0n) is 14.4. The zero-order chi connectivity index (χ0) is 18.2. The highest BCUT2D eigenvalue weighted by Crippen LogP contribution is 2.30. The van der Waals surface area contributed by atoms with Crippen LogP contribution < -0.4 is 10.2 Å². The highest BCUT2D eigenvalue weighted by molar-refractivity contribution is 7.10. The molecule has 1 saturated heterocycles. The van der Waals surface area contributed by atoms with Gasteiger partial charge in [0.25, 0.3) is 0 Å². The molecule has 132 valence electrons. The quantitative estimate of drug-likeness (QED) is 0.870. The van der Waals surface area contributed by atoms with E-state index >= 15 is 0 Å². The zero-order valence-corrected chi connectivity index (χ0v) is 15.9. The molecule has 0 spiro atoms. The second-order valence-electron chi connectivity index (χ2n) is 7.11. The molecule has 3 rings (SSSR count). The van der Waals surface area contributed by atoms with E-state index in [0.29, 0.717) is 28.6 Å². The van der Waals surface area contributed by atoms with Crippen LogP contribution in [-0.2, 0) is 15.0 Å². The van der Waals surface area contributed by atoms with E-state index in [4.69, 9.17) is 11.6 Å². The predicted octanol–water partition coefficient (Wildman–Crippen LogP) is 4.23. The molecule has 25 heavy (non-hydrogen) atoms. The standard InChI is InChI=1S/C18H20ClN3O2S/c1-18(2,3)14-10-15(25-21-14)20-17(24)13-8-9-16(23)22(13)12-6-4-11(19)5-7-12/h4-7,10,13H,8-9H2,1-3H3,(H,20,24)/t13-/m0/s1. The fourth-order valence-corrected chi connectivity index (χ4v) is 3.71. The number of nitrogens with one attached hydrogen (secondary N) is 1. The molecular weight excluding hydrogens is 358 g/mol. The van der Waals surface area contributed by atoms with Crippen LogP contribution in [0.25, 0.3) is 0 Å². The van der Waals surface area contributed by atoms with Gasteiger partial charge in [-0.05, 0) is 48.3 Å². The van der Waals surface area contributed by atoms with Gasteiger partial charge in [-0.3, -0.25) is 14.5 Å². The van der Waals surface area contributed by atoms with E-state index in [0.717, 1.165) is 5.69 Å². The molecule has 0 unspecified atom stereocenters. The van der Waals surface area contributed by atoms with Crippen molar-refractivity contribution in [3.63, 3.8) is 0 Å². The van der Waals surface area contributed by atoms with Crippen molar-refractivity contribution < 1.29 is 9.59 Å². The topological polar surface area (TPSA) is 62.3 Å². The molecule has 0 bridgehead atoms. The van der Waals surface area contributed by atoms with Gasteiger partial charge in [-0.25, -0.2) is 0 Å². The molecule has 2 aromatic rings. The third kappa shape index (κ3) is 3.85. The first kappa shape index (κ1) is 17.9. The number of carbonyl (C=O) groups is 2. The molecule has 5 nitrogen and oxygen atoms in total. The second-order valence-corrected chi connectivity index (χ2v) is 8.35. The van der Waals surface area contributed by atoms with Crippen LogP contribution in [0.1, 0.15) is 39.3 Å². The van der Waals surface area contributed by atoms with E-state index in [9.17, 15) is 9.59 Å². The molecule has 1 N–H and O–H groups in total. The highest BCUT2D eigenvalue weighted by Gasteiger charge is 2.37. The summed E-state index contributed by atoms with van der Waals surface area (Å²) in [6, 6.07) is 8.33. The van der Waals surface area contributed by atoms with E-state index in [1.807, 2.05) is 6.07 Å². The fourth-order valence-electron chi connectivity index (χ4n) is 2.75. The Morgan fingerprint density at radius 3 is 2.60 bits per heavy atom. The number of benzene rings is 1. The molecule has 0 saturated carbocycles. The number of carbonyl (C=O) groups excluding carboxylic acids is 2. The summed E-state index contributed by atoms with van der Waals surface area (Å²) >= 11 is 7.17. The molecule has 7 heteroatoms. The number of anilines is 2. The third-order valence-corrected chi connectivity index (χ3v) is 5.10. The summed E-state index contributed by atoms with van der Waals surface area (Å²) < 4.78 is 4.40. The molecule has 0 radical (unpaired) electrons. The Labute approximate surface area is 156 Å². The SMILES string of the molecule is CC(C)(C)c1cc(NC(=O)[C@@H]2CCC(=O)N2c2ccc(Cl)cc2)sn1. The number of nitrogens with zero attached hydrogens (tertiary/aromatic N) is 2. The van der Waals surface area contributed by atoms with Crippen molar-refractivity contribution in [1.29, 1.82) is 0 Å². The van der Waals surface area contributed by atoms with Crippen LogP contribution in [0.5, 0.6) is 0 Å². The first-order valence-corrected chi connectivity index (χ1v) is 9.26. The van der Waals surface area contributed by atoms with E-state index in [2.05, 4.69) is 30.5 Å². The lowest BCUT2D eigenvalue weighted by Crippen LogP contribution is -2.41. The van der Waals surface area contributed by atoms with Crippen molar-refractivity contribution in [3.05, 3.63) is 41.0 Å². The van der Waals surface area contributed by atoms with Crippen molar-refractivity contribution in [2.45, 2.75) is 45.1 Å². The van der Waals surface area contributed by atoms with Gasteiger partial charge in [-0.1, -0.05) is 32.4 Å². The number of amides is 2. The predicted molar refractivity (Wildman–Crippen MR) is 101 cm³/mol. The van der Waals surface area contributed by atoms with Crippen LogP contribution >= 0.6 is 23.1 Å². The van der Waals surface area contributed by atoms with Gasteiger partial charge in [0.15, 0.2) is 0 Å². The van der Waals surface area contributed by atoms with E-state index in [-0.39, 0.29) is 17.2 Å². The maximum absolute atomic E-state index is 12.7. The average molecular weight is 378 g/mol. The largest absolute Gasteiger partial charge is 0.315 e. The smallest absolute Gasteiger partial charge is 0.248 e. The molecular formula is C18H20ClN3O2S. The Balaban J connectivity index is 1.77. The first-order valence-electron chi connectivity index (χ1n) is 8.11. The van der Waals surface area contributed by atoms with Crippen LogP contribution in [0.2, 0.25) is 5.02 Å². The number of hydrogen-bond acceptors (Lipinski definition) is 4. The van der Waals surface area contributed by atoms with Crippen LogP contribution in [-0.4, -0.2) is 22.2 Å². The first-order chi connectivity index (χ1) is 11.8. The maximum atomic E-state index is 12.7. The van der Waals surface area contributed by atoms with Gasteiger partial charge in [-0.2, -0.15) is 4.37 Å². The van der Waals surface area contributed by atoms with Crippen LogP contribution in [0.3, 0.4) is 0 Å². The van der Waals surface area contributed by atoms with Crippen LogP contribution in [0.15, 0.2) is 30.3 Å². The molecule has 1 aromatic carbocycles. The summed E-state index contributed by atoms with van der Waals surface area (Å²) in [4.78, 5) is 26.5. The molecule has 0 aliphatic carbocycles. The van der Waals surface area contributed by atoms with Gasteiger partial charge >= 0.3 is 0 Å². The summed E-state index contributed by atoms with van der Waals surface area (Å²) in [5.41, 5.74) is 1.55.